The molecule has 1 saturated heterocycles. The number of benzene rings is 2. The predicted molar refractivity (Wildman–Crippen MR) is 100 cm³/mol. The first-order valence-corrected chi connectivity index (χ1v) is 8.92. The molecule has 5 heteroatoms. The van der Waals surface area contributed by atoms with Crippen LogP contribution >= 0.6 is 0 Å². The Hall–Kier alpha value is -2.82. The van der Waals surface area contributed by atoms with E-state index in [-0.39, 0.29) is 17.9 Å². The Kier molecular flexibility index (Phi) is 5.89. The van der Waals surface area contributed by atoms with E-state index in [1.54, 1.807) is 31.4 Å². The van der Waals surface area contributed by atoms with Gasteiger partial charge in [-0.1, -0.05) is 30.3 Å². The Morgan fingerprint density at radius 2 is 1.69 bits per heavy atom. The van der Waals surface area contributed by atoms with Crippen LogP contribution in [0.5, 0.6) is 5.75 Å². The fourth-order valence-electron chi connectivity index (χ4n) is 3.20. The molecule has 0 spiro atoms. The molecule has 1 aliphatic rings. The van der Waals surface area contributed by atoms with Crippen molar-refractivity contribution in [3.05, 3.63) is 65.7 Å². The Labute approximate surface area is 154 Å². The summed E-state index contributed by atoms with van der Waals surface area (Å²) in [7, 11) is 1.60. The second kappa shape index (κ2) is 8.52. The minimum Gasteiger partial charge on any atom is -0.497 e. The zero-order valence-corrected chi connectivity index (χ0v) is 15.0. The highest BCUT2D eigenvalue weighted by Crippen LogP contribution is 2.17. The number of nitrogens with one attached hydrogen (secondary N) is 1. The summed E-state index contributed by atoms with van der Waals surface area (Å²) in [5.74, 6) is 0.805. The zero-order valence-electron chi connectivity index (χ0n) is 15.0. The average Bonchev–Trinajstić information content (AvgIpc) is 2.69. The van der Waals surface area contributed by atoms with Crippen LogP contribution < -0.4 is 10.1 Å². The third-order valence-corrected chi connectivity index (χ3v) is 4.69. The third kappa shape index (κ3) is 4.63. The lowest BCUT2D eigenvalue weighted by Crippen LogP contribution is -2.46. The molecule has 2 amide bonds. The number of amides is 2. The predicted octanol–water partition coefficient (Wildman–Crippen LogP) is 2.66. The summed E-state index contributed by atoms with van der Waals surface area (Å²) < 4.78 is 5.12. The molecular weight excluding hydrogens is 328 g/mol. The van der Waals surface area contributed by atoms with Crippen LogP contribution in [0.25, 0.3) is 0 Å². The molecule has 3 rings (SSSR count). The van der Waals surface area contributed by atoms with Crippen molar-refractivity contribution in [1.29, 1.82) is 0 Å². The first kappa shape index (κ1) is 18.0. The number of carbonyl (C=O) groups excluding carboxylic acids is 2. The molecule has 0 atom stereocenters. The van der Waals surface area contributed by atoms with Gasteiger partial charge < -0.3 is 15.0 Å². The number of hydrogen-bond acceptors (Lipinski definition) is 3. The number of piperidine rings is 1. The van der Waals surface area contributed by atoms with Crippen molar-refractivity contribution in [2.45, 2.75) is 25.3 Å². The Balaban J connectivity index is 1.47. The highest BCUT2D eigenvalue weighted by Gasteiger charge is 2.24. The van der Waals surface area contributed by atoms with Gasteiger partial charge in [0.05, 0.1) is 13.5 Å². The maximum atomic E-state index is 12.6. The largest absolute Gasteiger partial charge is 0.497 e. The number of hydrogen-bond donors (Lipinski definition) is 1. The van der Waals surface area contributed by atoms with Crippen LogP contribution in [0, 0.1) is 0 Å². The van der Waals surface area contributed by atoms with Gasteiger partial charge in [-0.15, -0.1) is 0 Å². The smallest absolute Gasteiger partial charge is 0.253 e. The van der Waals surface area contributed by atoms with Gasteiger partial charge in [0.25, 0.3) is 5.91 Å². The van der Waals surface area contributed by atoms with E-state index in [0.29, 0.717) is 25.1 Å². The molecule has 0 saturated carbocycles. The summed E-state index contributed by atoms with van der Waals surface area (Å²) in [4.78, 5) is 26.6. The van der Waals surface area contributed by atoms with Crippen molar-refractivity contribution in [2.24, 2.45) is 0 Å². The zero-order chi connectivity index (χ0) is 18.4. The summed E-state index contributed by atoms with van der Waals surface area (Å²) in [5.41, 5.74) is 1.68. The fourth-order valence-corrected chi connectivity index (χ4v) is 3.20. The molecule has 26 heavy (non-hydrogen) atoms. The van der Waals surface area contributed by atoms with Gasteiger partial charge in [-0.05, 0) is 42.7 Å². The molecule has 1 aliphatic heterocycles. The molecule has 5 nitrogen and oxygen atoms in total. The molecule has 0 aromatic heterocycles. The van der Waals surface area contributed by atoms with Crippen molar-refractivity contribution in [1.82, 2.24) is 10.2 Å². The summed E-state index contributed by atoms with van der Waals surface area (Å²) >= 11 is 0. The maximum Gasteiger partial charge on any atom is 0.253 e. The molecule has 2 aromatic carbocycles. The van der Waals surface area contributed by atoms with Crippen LogP contribution in [-0.2, 0) is 11.2 Å². The number of methoxy groups -OCH3 is 1. The first-order valence-electron chi connectivity index (χ1n) is 8.92. The van der Waals surface area contributed by atoms with E-state index in [0.717, 1.165) is 24.2 Å². The maximum absolute atomic E-state index is 12.6. The highest BCUT2D eigenvalue weighted by atomic mass is 16.5. The van der Waals surface area contributed by atoms with Crippen LogP contribution in [0.2, 0.25) is 0 Å². The number of likely N-dealkylation sites (tertiary alicyclic amines) is 1. The summed E-state index contributed by atoms with van der Waals surface area (Å²) in [6, 6.07) is 17.0. The summed E-state index contributed by atoms with van der Waals surface area (Å²) in [5, 5.41) is 3.09. The van der Waals surface area contributed by atoms with Gasteiger partial charge in [0.2, 0.25) is 5.91 Å². The van der Waals surface area contributed by atoms with Crippen molar-refractivity contribution < 1.29 is 14.3 Å². The van der Waals surface area contributed by atoms with Gasteiger partial charge in [-0.2, -0.15) is 0 Å². The van der Waals surface area contributed by atoms with Gasteiger partial charge in [-0.3, -0.25) is 9.59 Å². The van der Waals surface area contributed by atoms with Gasteiger partial charge in [0.15, 0.2) is 0 Å². The Morgan fingerprint density at radius 1 is 1.04 bits per heavy atom. The molecule has 0 radical (unpaired) electrons. The molecule has 0 bridgehead atoms. The standard InChI is InChI=1S/C21H24N2O3/c1-26-19-9-7-17(8-10-19)21(25)23-13-11-18(12-14-23)22-20(24)15-16-5-3-2-4-6-16/h2-10,18H,11-15H2,1H3,(H,22,24). The quantitative estimate of drug-likeness (QED) is 0.900. The van der Waals surface area contributed by atoms with Crippen molar-refractivity contribution in [2.75, 3.05) is 20.2 Å². The van der Waals surface area contributed by atoms with Crippen LogP contribution in [0.3, 0.4) is 0 Å². The minimum absolute atomic E-state index is 0.0294. The monoisotopic (exact) mass is 352 g/mol. The van der Waals surface area contributed by atoms with E-state index in [9.17, 15) is 9.59 Å². The average molecular weight is 352 g/mol. The molecule has 2 aromatic rings. The molecule has 1 fully saturated rings. The number of rotatable bonds is 5. The van der Waals surface area contributed by atoms with Crippen LogP contribution in [0.1, 0.15) is 28.8 Å². The van der Waals surface area contributed by atoms with Gasteiger partial charge in [0.1, 0.15) is 5.75 Å². The van der Waals surface area contributed by atoms with E-state index in [4.69, 9.17) is 4.74 Å². The van der Waals surface area contributed by atoms with Gasteiger partial charge in [-0.25, -0.2) is 0 Å². The van der Waals surface area contributed by atoms with Crippen molar-refractivity contribution >= 4 is 11.8 Å². The molecular formula is C21H24N2O3. The van der Waals surface area contributed by atoms with Crippen LogP contribution in [-0.4, -0.2) is 43.0 Å². The molecule has 0 unspecified atom stereocenters. The first-order chi connectivity index (χ1) is 12.7. The van der Waals surface area contributed by atoms with E-state index < -0.39 is 0 Å². The summed E-state index contributed by atoms with van der Waals surface area (Å²) in [6.45, 7) is 1.31. The molecule has 136 valence electrons. The lowest BCUT2D eigenvalue weighted by Gasteiger charge is -2.32. The van der Waals surface area contributed by atoms with Crippen molar-refractivity contribution in [3.63, 3.8) is 0 Å². The van der Waals surface area contributed by atoms with Crippen molar-refractivity contribution in [3.8, 4) is 5.75 Å². The lowest BCUT2D eigenvalue weighted by atomic mass is 10.0. The Bertz CT molecular complexity index is 736. The second-order valence-electron chi connectivity index (χ2n) is 6.52. The number of nitrogens with zero attached hydrogens (tertiary/aromatic N) is 1. The lowest BCUT2D eigenvalue weighted by molar-refractivity contribution is -0.121. The summed E-state index contributed by atoms with van der Waals surface area (Å²) in [6.07, 6.45) is 1.96. The Morgan fingerprint density at radius 3 is 2.31 bits per heavy atom. The fraction of sp³-hybridized carbons (Fsp3) is 0.333. The number of ether oxygens (including phenoxy) is 1. The minimum atomic E-state index is 0.0294. The second-order valence-corrected chi connectivity index (χ2v) is 6.52. The van der Waals surface area contributed by atoms with E-state index >= 15 is 0 Å². The van der Waals surface area contributed by atoms with E-state index in [1.165, 1.54) is 0 Å². The van der Waals surface area contributed by atoms with E-state index in [1.807, 2.05) is 35.2 Å². The van der Waals surface area contributed by atoms with Crippen LogP contribution in [0.15, 0.2) is 54.6 Å². The van der Waals surface area contributed by atoms with E-state index in [2.05, 4.69) is 5.32 Å². The SMILES string of the molecule is COc1ccc(C(=O)N2CCC(NC(=O)Cc3ccccc3)CC2)cc1. The van der Waals surface area contributed by atoms with Gasteiger partial charge in [0, 0.05) is 24.7 Å². The third-order valence-electron chi connectivity index (χ3n) is 4.69. The molecule has 0 aliphatic carbocycles. The van der Waals surface area contributed by atoms with Crippen LogP contribution in [0.4, 0.5) is 0 Å². The van der Waals surface area contributed by atoms with Gasteiger partial charge >= 0.3 is 0 Å². The highest BCUT2D eigenvalue weighted by molar-refractivity contribution is 5.94. The molecule has 1 heterocycles. The molecule has 1 N–H and O–H groups in total. The normalized spacial score (nSPS) is 14.7. The number of carbonyl (C=O) groups is 2. The topological polar surface area (TPSA) is 58.6 Å².